The third kappa shape index (κ3) is 4.03. The Kier molecular flexibility index (Phi) is 4.90. The number of carbonyl (C=O) groups is 1. The smallest absolute Gasteiger partial charge is 0.247 e. The van der Waals surface area contributed by atoms with Crippen molar-refractivity contribution < 1.29 is 9.53 Å². The maximum Gasteiger partial charge on any atom is 0.247 e. The van der Waals surface area contributed by atoms with Crippen LogP contribution >= 0.6 is 11.3 Å². The number of thiophene rings is 1. The van der Waals surface area contributed by atoms with Crippen molar-refractivity contribution in [2.45, 2.75) is 32.0 Å². The van der Waals surface area contributed by atoms with Crippen molar-refractivity contribution in [3.05, 3.63) is 21.9 Å². The SMILES string of the molecule is NC(=O)[C@H]1CN(Cc2ccc(CN3CCCC3)s2)CCO1. The monoisotopic (exact) mass is 309 g/mol. The van der Waals surface area contributed by atoms with Gasteiger partial charge in [0.2, 0.25) is 5.91 Å². The molecule has 3 heterocycles. The average Bonchev–Trinajstić information content (AvgIpc) is 3.12. The molecule has 0 saturated carbocycles. The lowest BCUT2D eigenvalue weighted by molar-refractivity contribution is -0.135. The van der Waals surface area contributed by atoms with Gasteiger partial charge in [-0.05, 0) is 38.1 Å². The molecular weight excluding hydrogens is 286 g/mol. The van der Waals surface area contributed by atoms with Gasteiger partial charge in [-0.15, -0.1) is 11.3 Å². The predicted molar refractivity (Wildman–Crippen MR) is 83.0 cm³/mol. The van der Waals surface area contributed by atoms with Gasteiger partial charge in [0, 0.05) is 35.9 Å². The first-order chi connectivity index (χ1) is 10.2. The van der Waals surface area contributed by atoms with Crippen LogP contribution in [-0.2, 0) is 22.6 Å². The van der Waals surface area contributed by atoms with Crippen LogP contribution in [0.1, 0.15) is 22.6 Å². The molecule has 2 N–H and O–H groups in total. The zero-order valence-corrected chi connectivity index (χ0v) is 13.1. The summed E-state index contributed by atoms with van der Waals surface area (Å²) >= 11 is 1.88. The van der Waals surface area contributed by atoms with Crippen LogP contribution in [0.4, 0.5) is 0 Å². The highest BCUT2D eigenvalue weighted by molar-refractivity contribution is 7.11. The van der Waals surface area contributed by atoms with Crippen LogP contribution in [0.15, 0.2) is 12.1 Å². The summed E-state index contributed by atoms with van der Waals surface area (Å²) in [4.78, 5) is 18.8. The highest BCUT2D eigenvalue weighted by Crippen LogP contribution is 2.22. The first-order valence-corrected chi connectivity index (χ1v) is 8.45. The standard InChI is InChI=1S/C15H23N3O2S/c16-15(19)14-11-18(7-8-20-14)10-13-4-3-12(21-13)9-17-5-1-2-6-17/h3-4,14H,1-2,5-11H2,(H2,16,19)/t14-/m1/s1. The van der Waals surface area contributed by atoms with Crippen molar-refractivity contribution >= 4 is 17.2 Å². The number of ether oxygens (including phenoxy) is 1. The van der Waals surface area contributed by atoms with Crippen molar-refractivity contribution in [1.29, 1.82) is 0 Å². The van der Waals surface area contributed by atoms with E-state index >= 15 is 0 Å². The fourth-order valence-electron chi connectivity index (χ4n) is 2.99. The van der Waals surface area contributed by atoms with Crippen molar-refractivity contribution in [2.75, 3.05) is 32.8 Å². The lowest BCUT2D eigenvalue weighted by atomic mass is 10.2. The largest absolute Gasteiger partial charge is 0.367 e. The maximum atomic E-state index is 11.2. The minimum absolute atomic E-state index is 0.361. The third-order valence-corrected chi connectivity index (χ3v) is 5.20. The molecule has 2 aliphatic heterocycles. The van der Waals surface area contributed by atoms with Gasteiger partial charge in [0.05, 0.1) is 6.61 Å². The maximum absolute atomic E-state index is 11.2. The van der Waals surface area contributed by atoms with Gasteiger partial charge in [-0.1, -0.05) is 0 Å². The number of nitrogens with zero attached hydrogens (tertiary/aromatic N) is 2. The molecule has 116 valence electrons. The third-order valence-electron chi connectivity index (χ3n) is 4.14. The minimum Gasteiger partial charge on any atom is -0.367 e. The number of likely N-dealkylation sites (tertiary alicyclic amines) is 1. The molecule has 1 aromatic heterocycles. The van der Waals surface area contributed by atoms with Gasteiger partial charge < -0.3 is 10.5 Å². The molecule has 0 unspecified atom stereocenters. The average molecular weight is 309 g/mol. The Morgan fingerprint density at radius 2 is 1.86 bits per heavy atom. The number of amides is 1. The molecule has 0 aromatic carbocycles. The molecule has 0 aliphatic carbocycles. The van der Waals surface area contributed by atoms with Crippen LogP contribution in [-0.4, -0.2) is 54.6 Å². The van der Waals surface area contributed by atoms with Crippen molar-refractivity contribution in [3.8, 4) is 0 Å². The van der Waals surface area contributed by atoms with Crippen LogP contribution < -0.4 is 5.73 Å². The lowest BCUT2D eigenvalue weighted by Gasteiger charge is -2.30. The predicted octanol–water partition coefficient (Wildman–Crippen LogP) is 1.03. The summed E-state index contributed by atoms with van der Waals surface area (Å²) in [5.74, 6) is -0.361. The molecule has 0 spiro atoms. The highest BCUT2D eigenvalue weighted by Gasteiger charge is 2.25. The molecule has 0 bridgehead atoms. The van der Waals surface area contributed by atoms with Crippen molar-refractivity contribution in [2.24, 2.45) is 5.73 Å². The van der Waals surface area contributed by atoms with Crippen LogP contribution in [0, 0.1) is 0 Å². The van der Waals surface area contributed by atoms with E-state index in [1.165, 1.54) is 35.7 Å². The van der Waals surface area contributed by atoms with Gasteiger partial charge in [0.25, 0.3) is 0 Å². The Balaban J connectivity index is 1.52. The van der Waals surface area contributed by atoms with Crippen LogP contribution in [0.2, 0.25) is 0 Å². The Morgan fingerprint density at radius 3 is 2.52 bits per heavy atom. The molecule has 2 saturated heterocycles. The second-order valence-corrected chi connectivity index (χ2v) is 7.10. The number of morpholine rings is 1. The highest BCUT2D eigenvalue weighted by atomic mass is 32.1. The summed E-state index contributed by atoms with van der Waals surface area (Å²) in [6.45, 7) is 6.49. The van der Waals surface area contributed by atoms with Crippen LogP contribution in [0.25, 0.3) is 0 Å². The summed E-state index contributed by atoms with van der Waals surface area (Å²) < 4.78 is 5.38. The summed E-state index contributed by atoms with van der Waals surface area (Å²) in [6, 6.07) is 4.45. The number of hydrogen-bond acceptors (Lipinski definition) is 5. The number of nitrogens with two attached hydrogens (primary N) is 1. The van der Waals surface area contributed by atoms with Gasteiger partial charge in [0.15, 0.2) is 0 Å². The first-order valence-electron chi connectivity index (χ1n) is 7.64. The zero-order chi connectivity index (χ0) is 14.7. The number of rotatable bonds is 5. The Morgan fingerprint density at radius 1 is 1.19 bits per heavy atom. The van der Waals surface area contributed by atoms with E-state index < -0.39 is 6.10 Å². The van der Waals surface area contributed by atoms with E-state index in [1.807, 2.05) is 11.3 Å². The normalized spacial score (nSPS) is 24.5. The topological polar surface area (TPSA) is 58.8 Å². The van der Waals surface area contributed by atoms with Gasteiger partial charge in [-0.3, -0.25) is 14.6 Å². The van der Waals surface area contributed by atoms with Gasteiger partial charge in [-0.25, -0.2) is 0 Å². The molecule has 2 aliphatic rings. The van der Waals surface area contributed by atoms with Gasteiger partial charge >= 0.3 is 0 Å². The Bertz CT molecular complexity index is 485. The zero-order valence-electron chi connectivity index (χ0n) is 12.3. The van der Waals surface area contributed by atoms with Crippen molar-refractivity contribution in [3.63, 3.8) is 0 Å². The Hall–Kier alpha value is -0.950. The summed E-state index contributed by atoms with van der Waals surface area (Å²) in [6.07, 6.45) is 2.21. The lowest BCUT2D eigenvalue weighted by Crippen LogP contribution is -2.47. The molecular formula is C15H23N3O2S. The van der Waals surface area contributed by atoms with E-state index in [-0.39, 0.29) is 5.91 Å². The van der Waals surface area contributed by atoms with Gasteiger partial charge in [-0.2, -0.15) is 0 Å². The van der Waals surface area contributed by atoms with Gasteiger partial charge in [0.1, 0.15) is 6.10 Å². The molecule has 1 atom stereocenters. The van der Waals surface area contributed by atoms with E-state index in [2.05, 4.69) is 21.9 Å². The van der Waals surface area contributed by atoms with E-state index in [0.29, 0.717) is 13.2 Å². The quantitative estimate of drug-likeness (QED) is 0.882. The molecule has 6 heteroatoms. The molecule has 0 radical (unpaired) electrons. The molecule has 5 nitrogen and oxygen atoms in total. The minimum atomic E-state index is -0.456. The summed E-state index contributed by atoms with van der Waals surface area (Å²) in [5, 5.41) is 0. The summed E-state index contributed by atoms with van der Waals surface area (Å²) in [5.41, 5.74) is 5.32. The Labute approximate surface area is 129 Å². The number of hydrogen-bond donors (Lipinski definition) is 1. The van der Waals surface area contributed by atoms with E-state index in [0.717, 1.165) is 19.6 Å². The second kappa shape index (κ2) is 6.87. The van der Waals surface area contributed by atoms with E-state index in [9.17, 15) is 4.79 Å². The number of primary amides is 1. The van der Waals surface area contributed by atoms with E-state index in [4.69, 9.17) is 10.5 Å². The molecule has 3 rings (SSSR count). The molecule has 2 fully saturated rings. The first kappa shape index (κ1) is 15.0. The van der Waals surface area contributed by atoms with Crippen molar-refractivity contribution in [1.82, 2.24) is 9.80 Å². The van der Waals surface area contributed by atoms with Crippen LogP contribution in [0.3, 0.4) is 0 Å². The van der Waals surface area contributed by atoms with E-state index in [1.54, 1.807) is 0 Å². The molecule has 1 amide bonds. The fraction of sp³-hybridized carbons (Fsp3) is 0.667. The summed E-state index contributed by atoms with van der Waals surface area (Å²) in [7, 11) is 0. The number of carbonyl (C=O) groups excluding carboxylic acids is 1. The second-order valence-electron chi connectivity index (χ2n) is 5.85. The molecule has 21 heavy (non-hydrogen) atoms. The van der Waals surface area contributed by atoms with Crippen LogP contribution in [0.5, 0.6) is 0 Å². The fourth-order valence-corrected chi connectivity index (χ4v) is 4.10. The molecule has 1 aromatic rings.